The molecule has 2 aliphatic rings. The number of aliphatic hydroxyl groups is 1. The summed E-state index contributed by atoms with van der Waals surface area (Å²) in [7, 11) is 0. The number of nitrogens with one attached hydrogen (secondary N) is 2. The first kappa shape index (κ1) is 18.7. The fourth-order valence-electron chi connectivity index (χ4n) is 3.65. The fourth-order valence-corrected chi connectivity index (χ4v) is 3.65. The number of piperazine rings is 1. The summed E-state index contributed by atoms with van der Waals surface area (Å²) < 4.78 is 6.25. The topological polar surface area (TPSA) is 90.9 Å². The maximum atomic E-state index is 13.5. The number of hydrogen-bond donors (Lipinski definition) is 3. The molecule has 1 aromatic carbocycles. The number of rotatable bonds is 5. The van der Waals surface area contributed by atoms with Crippen molar-refractivity contribution in [3.8, 4) is 5.75 Å². The lowest BCUT2D eigenvalue weighted by Gasteiger charge is -2.43. The number of nitrogens with zero attached hydrogens (tertiary/aromatic N) is 1. The lowest BCUT2D eigenvalue weighted by atomic mass is 9.89. The van der Waals surface area contributed by atoms with Crippen LogP contribution in [0, 0.1) is 6.92 Å². The van der Waals surface area contributed by atoms with E-state index >= 15 is 0 Å². The molecule has 2 amide bonds. The monoisotopic (exact) mass is 361 g/mol. The molecule has 0 saturated carbocycles. The van der Waals surface area contributed by atoms with Crippen molar-refractivity contribution in [1.29, 1.82) is 0 Å². The van der Waals surface area contributed by atoms with Gasteiger partial charge in [0.05, 0.1) is 0 Å². The van der Waals surface area contributed by atoms with Crippen LogP contribution in [0.3, 0.4) is 0 Å². The van der Waals surface area contributed by atoms with Crippen molar-refractivity contribution in [3.63, 3.8) is 0 Å². The summed E-state index contributed by atoms with van der Waals surface area (Å²) in [4.78, 5) is 27.3. The van der Waals surface area contributed by atoms with Crippen LogP contribution in [0.1, 0.15) is 24.8 Å². The molecule has 7 nitrogen and oxygen atoms in total. The molecule has 1 aromatic rings. The molecule has 2 saturated heterocycles. The average molecular weight is 361 g/mol. The summed E-state index contributed by atoms with van der Waals surface area (Å²) in [6.45, 7) is 4.08. The van der Waals surface area contributed by atoms with Gasteiger partial charge in [-0.25, -0.2) is 0 Å². The predicted octanol–water partition coefficient (Wildman–Crippen LogP) is 0.205. The summed E-state index contributed by atoms with van der Waals surface area (Å²) in [6, 6.07) is 7.02. The second-order valence-electron chi connectivity index (χ2n) is 6.98. The van der Waals surface area contributed by atoms with E-state index in [4.69, 9.17) is 4.74 Å². The van der Waals surface area contributed by atoms with E-state index in [-0.39, 0.29) is 24.8 Å². The minimum atomic E-state index is -0.980. The highest BCUT2D eigenvalue weighted by Crippen LogP contribution is 2.30. The zero-order valence-corrected chi connectivity index (χ0v) is 15.2. The quantitative estimate of drug-likeness (QED) is 0.697. The van der Waals surface area contributed by atoms with Crippen LogP contribution >= 0.6 is 0 Å². The van der Waals surface area contributed by atoms with Crippen LogP contribution in [0.2, 0.25) is 0 Å². The van der Waals surface area contributed by atoms with Gasteiger partial charge in [-0.2, -0.15) is 0 Å². The smallest absolute Gasteiger partial charge is 0.267 e. The summed E-state index contributed by atoms with van der Waals surface area (Å²) in [5.41, 5.74) is 0.144. The number of amides is 2. The van der Waals surface area contributed by atoms with Crippen molar-refractivity contribution in [2.24, 2.45) is 0 Å². The second-order valence-corrected chi connectivity index (χ2v) is 6.98. The van der Waals surface area contributed by atoms with E-state index in [0.29, 0.717) is 44.8 Å². The van der Waals surface area contributed by atoms with Gasteiger partial charge in [-0.1, -0.05) is 17.7 Å². The maximum absolute atomic E-state index is 13.5. The Morgan fingerprint density at radius 3 is 2.62 bits per heavy atom. The number of benzene rings is 1. The van der Waals surface area contributed by atoms with Crippen molar-refractivity contribution in [1.82, 2.24) is 15.5 Å². The lowest BCUT2D eigenvalue weighted by Crippen LogP contribution is -2.65. The Kier molecular flexibility index (Phi) is 5.78. The molecule has 26 heavy (non-hydrogen) atoms. The molecule has 0 spiro atoms. The summed E-state index contributed by atoms with van der Waals surface area (Å²) >= 11 is 0. The Morgan fingerprint density at radius 2 is 1.96 bits per heavy atom. The van der Waals surface area contributed by atoms with E-state index in [9.17, 15) is 14.7 Å². The van der Waals surface area contributed by atoms with Gasteiger partial charge in [-0.3, -0.25) is 9.59 Å². The lowest BCUT2D eigenvalue weighted by molar-refractivity contribution is -0.158. The highest BCUT2D eigenvalue weighted by molar-refractivity contribution is 5.92. The maximum Gasteiger partial charge on any atom is 0.267 e. The van der Waals surface area contributed by atoms with Crippen LogP contribution in [0.4, 0.5) is 0 Å². The normalized spacial score (nSPS) is 22.6. The predicted molar refractivity (Wildman–Crippen MR) is 96.9 cm³/mol. The average Bonchev–Trinajstić information content (AvgIpc) is 2.66. The molecular formula is C19H27N3O4. The van der Waals surface area contributed by atoms with Crippen molar-refractivity contribution >= 4 is 11.8 Å². The first-order chi connectivity index (χ1) is 12.6. The Balaban J connectivity index is 1.87. The van der Waals surface area contributed by atoms with Crippen molar-refractivity contribution in [2.45, 2.75) is 37.8 Å². The van der Waals surface area contributed by atoms with Gasteiger partial charge in [0.15, 0.2) is 5.60 Å². The minimum absolute atomic E-state index is 0.144. The summed E-state index contributed by atoms with van der Waals surface area (Å²) in [6.07, 6.45) is 1.32. The largest absolute Gasteiger partial charge is 0.477 e. The molecule has 7 heteroatoms. The molecule has 0 bridgehead atoms. The molecule has 0 aromatic heterocycles. The molecule has 0 aliphatic carbocycles. The molecule has 2 heterocycles. The highest BCUT2D eigenvalue weighted by Gasteiger charge is 2.47. The van der Waals surface area contributed by atoms with Crippen molar-refractivity contribution in [3.05, 3.63) is 29.8 Å². The molecule has 2 fully saturated rings. The molecule has 2 aliphatic heterocycles. The van der Waals surface area contributed by atoms with Gasteiger partial charge < -0.3 is 25.4 Å². The number of hydrogen-bond acceptors (Lipinski definition) is 5. The molecule has 3 N–H and O–H groups in total. The second kappa shape index (κ2) is 8.05. The molecule has 1 unspecified atom stereocenters. The van der Waals surface area contributed by atoms with Crippen LogP contribution < -0.4 is 15.4 Å². The van der Waals surface area contributed by atoms with Gasteiger partial charge in [0.1, 0.15) is 11.8 Å². The number of piperidine rings is 1. The van der Waals surface area contributed by atoms with Gasteiger partial charge >= 0.3 is 0 Å². The third-order valence-corrected chi connectivity index (χ3v) is 5.13. The molecular weight excluding hydrogens is 334 g/mol. The van der Waals surface area contributed by atoms with Crippen LogP contribution in [-0.2, 0) is 9.59 Å². The number of ether oxygens (including phenoxy) is 1. The number of carbonyl (C=O) groups excluding carboxylic acids is 2. The van der Waals surface area contributed by atoms with E-state index in [1.165, 1.54) is 0 Å². The first-order valence-electron chi connectivity index (χ1n) is 9.22. The van der Waals surface area contributed by atoms with Gasteiger partial charge in [0, 0.05) is 32.5 Å². The van der Waals surface area contributed by atoms with Crippen molar-refractivity contribution < 1.29 is 19.4 Å². The first-order valence-corrected chi connectivity index (χ1v) is 9.22. The van der Waals surface area contributed by atoms with E-state index in [1.54, 1.807) is 4.90 Å². The number of aliphatic hydroxyl groups excluding tert-OH is 1. The standard InChI is InChI=1S/C19H27N3O4/c1-14-2-4-15(5-3-14)26-19(7-9-20-10-8-19)18(25)22-12-11-21-17(24)16(22)6-13-23/h2-5,16,20,23H,6-13H2,1H3,(H,21,24). The van der Waals surface area contributed by atoms with Gasteiger partial charge in [0.25, 0.3) is 5.91 Å². The minimum Gasteiger partial charge on any atom is -0.477 e. The molecule has 0 radical (unpaired) electrons. The highest BCUT2D eigenvalue weighted by atomic mass is 16.5. The van der Waals surface area contributed by atoms with Crippen LogP contribution in [-0.4, -0.2) is 66.2 Å². The third-order valence-electron chi connectivity index (χ3n) is 5.13. The van der Waals surface area contributed by atoms with E-state index in [1.807, 2.05) is 31.2 Å². The van der Waals surface area contributed by atoms with Crippen LogP contribution in [0.25, 0.3) is 0 Å². The summed E-state index contributed by atoms with van der Waals surface area (Å²) in [5, 5.41) is 15.4. The van der Waals surface area contributed by atoms with E-state index < -0.39 is 11.6 Å². The van der Waals surface area contributed by atoms with Gasteiger partial charge in [0.2, 0.25) is 5.91 Å². The van der Waals surface area contributed by atoms with E-state index in [0.717, 1.165) is 5.56 Å². The SMILES string of the molecule is Cc1ccc(OC2(C(=O)N3CCNC(=O)C3CCO)CCNCC2)cc1. The fraction of sp³-hybridized carbons (Fsp3) is 0.579. The Bertz CT molecular complexity index is 641. The van der Waals surface area contributed by atoms with Gasteiger partial charge in [-0.05, 0) is 38.6 Å². The van der Waals surface area contributed by atoms with Gasteiger partial charge in [-0.15, -0.1) is 0 Å². The van der Waals surface area contributed by atoms with Crippen molar-refractivity contribution in [2.75, 3.05) is 32.8 Å². The Labute approximate surface area is 153 Å². The molecule has 1 atom stereocenters. The van der Waals surface area contributed by atoms with Crippen LogP contribution in [0.5, 0.6) is 5.75 Å². The summed E-state index contributed by atoms with van der Waals surface area (Å²) in [5.74, 6) is 0.289. The zero-order valence-electron chi connectivity index (χ0n) is 15.2. The zero-order chi connectivity index (χ0) is 18.6. The van der Waals surface area contributed by atoms with Crippen LogP contribution in [0.15, 0.2) is 24.3 Å². The Hall–Kier alpha value is -2.12. The molecule has 3 rings (SSSR count). The third kappa shape index (κ3) is 3.83. The van der Waals surface area contributed by atoms with E-state index in [2.05, 4.69) is 10.6 Å². The number of aryl methyl sites for hydroxylation is 1. The Morgan fingerprint density at radius 1 is 1.27 bits per heavy atom. The number of carbonyl (C=O) groups is 2. The molecule has 142 valence electrons.